The molecule has 0 spiro atoms. The molecule has 0 fully saturated rings. The molecule has 7 nitrogen and oxygen atoms in total. The van der Waals surface area contributed by atoms with Gasteiger partial charge < -0.3 is 10.1 Å². The summed E-state index contributed by atoms with van der Waals surface area (Å²) in [6.07, 6.45) is 0. The van der Waals surface area contributed by atoms with E-state index >= 15 is 0 Å². The van der Waals surface area contributed by atoms with Crippen LogP contribution in [0.4, 0.5) is 24.5 Å². The maximum Gasteiger partial charge on any atom is 0.340 e. The van der Waals surface area contributed by atoms with Gasteiger partial charge in [0.25, 0.3) is 5.91 Å². The van der Waals surface area contributed by atoms with Gasteiger partial charge in [-0.2, -0.15) is 4.39 Å². The molecule has 136 valence electrons. The molecule has 0 saturated heterocycles. The van der Waals surface area contributed by atoms with Crippen LogP contribution in [0.5, 0.6) is 0 Å². The van der Waals surface area contributed by atoms with E-state index in [1.807, 2.05) is 0 Å². The molecule has 0 unspecified atom stereocenters. The number of para-hydroxylation sites is 1. The predicted molar refractivity (Wildman–Crippen MR) is 83.3 cm³/mol. The van der Waals surface area contributed by atoms with Crippen molar-refractivity contribution in [1.82, 2.24) is 0 Å². The number of rotatable bonds is 5. The first-order chi connectivity index (χ1) is 12.3. The molecule has 2 aromatic rings. The van der Waals surface area contributed by atoms with Gasteiger partial charge in [0.1, 0.15) is 0 Å². The molecule has 1 N–H and O–H groups in total. The van der Waals surface area contributed by atoms with E-state index in [1.165, 1.54) is 24.3 Å². The highest BCUT2D eigenvalue weighted by molar-refractivity contribution is 6.08. The summed E-state index contributed by atoms with van der Waals surface area (Å²) in [6, 6.07) is 5.80. The zero-order chi connectivity index (χ0) is 19.4. The molecule has 0 aliphatic heterocycles. The third kappa shape index (κ3) is 3.63. The lowest BCUT2D eigenvalue weighted by Gasteiger charge is -2.11. The van der Waals surface area contributed by atoms with Gasteiger partial charge >= 0.3 is 11.7 Å². The summed E-state index contributed by atoms with van der Waals surface area (Å²) in [6.45, 7) is 1.63. The van der Waals surface area contributed by atoms with E-state index in [9.17, 15) is 32.9 Å². The number of halogens is 3. The van der Waals surface area contributed by atoms with Crippen LogP contribution in [0.3, 0.4) is 0 Å². The molecule has 0 aliphatic rings. The molecule has 0 radical (unpaired) electrons. The molecule has 0 aromatic heterocycles. The predicted octanol–water partition coefficient (Wildman–Crippen LogP) is 3.44. The maximum atomic E-state index is 13.8. The van der Waals surface area contributed by atoms with Gasteiger partial charge in [-0.3, -0.25) is 14.9 Å². The smallest absolute Gasteiger partial charge is 0.340 e. The Morgan fingerprint density at radius 3 is 2.38 bits per heavy atom. The molecule has 0 heterocycles. The lowest BCUT2D eigenvalue weighted by Crippen LogP contribution is -2.18. The molecular weight excluding hydrogens is 357 g/mol. The van der Waals surface area contributed by atoms with Gasteiger partial charge in [-0.15, -0.1) is 0 Å². The van der Waals surface area contributed by atoms with Crippen LogP contribution in [0.2, 0.25) is 0 Å². The van der Waals surface area contributed by atoms with Gasteiger partial charge in [0.2, 0.25) is 11.6 Å². The van der Waals surface area contributed by atoms with E-state index in [2.05, 4.69) is 5.32 Å². The van der Waals surface area contributed by atoms with Crippen LogP contribution < -0.4 is 5.32 Å². The van der Waals surface area contributed by atoms with Crippen LogP contribution in [0.15, 0.2) is 30.3 Å². The Morgan fingerprint density at radius 1 is 1.12 bits per heavy atom. The number of hydrogen-bond acceptors (Lipinski definition) is 5. The fourth-order valence-electron chi connectivity index (χ4n) is 2.06. The second-order valence-corrected chi connectivity index (χ2v) is 4.86. The van der Waals surface area contributed by atoms with Crippen molar-refractivity contribution in [1.29, 1.82) is 0 Å². The minimum Gasteiger partial charge on any atom is -0.462 e. The standard InChI is InChI=1S/C16H11F3N2O5/c1-2-26-16(23)8-5-3-4-6-10(8)20-15(22)9-7-11(21(24)25)13(18)14(19)12(9)17/h3-7H,2H2,1H3,(H,20,22). The number of nitrogens with one attached hydrogen (secondary N) is 1. The van der Waals surface area contributed by atoms with E-state index in [0.29, 0.717) is 0 Å². The number of nitro benzene ring substituents is 1. The second kappa shape index (κ2) is 7.64. The van der Waals surface area contributed by atoms with Crippen LogP contribution in [0.1, 0.15) is 27.6 Å². The van der Waals surface area contributed by atoms with Gasteiger partial charge in [0.05, 0.1) is 28.3 Å². The molecule has 2 aromatic carbocycles. The summed E-state index contributed by atoms with van der Waals surface area (Å²) >= 11 is 0. The second-order valence-electron chi connectivity index (χ2n) is 4.86. The number of hydrogen-bond donors (Lipinski definition) is 1. The largest absolute Gasteiger partial charge is 0.462 e. The van der Waals surface area contributed by atoms with Gasteiger partial charge in [-0.1, -0.05) is 12.1 Å². The Bertz CT molecular complexity index is 902. The third-order valence-electron chi connectivity index (χ3n) is 3.24. The highest BCUT2D eigenvalue weighted by Gasteiger charge is 2.29. The Balaban J connectivity index is 2.44. The van der Waals surface area contributed by atoms with E-state index in [0.717, 1.165) is 0 Å². The lowest BCUT2D eigenvalue weighted by molar-refractivity contribution is -0.387. The highest BCUT2D eigenvalue weighted by atomic mass is 19.2. The minimum atomic E-state index is -2.15. The molecule has 0 saturated carbocycles. The summed E-state index contributed by atoms with van der Waals surface area (Å²) in [4.78, 5) is 33.5. The van der Waals surface area contributed by atoms with Crippen molar-refractivity contribution in [3.05, 3.63) is 69.0 Å². The molecule has 26 heavy (non-hydrogen) atoms. The molecule has 2 rings (SSSR count). The first-order valence-electron chi connectivity index (χ1n) is 7.17. The van der Waals surface area contributed by atoms with Crippen LogP contribution in [-0.2, 0) is 4.74 Å². The maximum absolute atomic E-state index is 13.8. The summed E-state index contributed by atoms with van der Waals surface area (Å²) in [7, 11) is 0. The number of nitro groups is 1. The Kier molecular flexibility index (Phi) is 5.55. The van der Waals surface area contributed by atoms with E-state index < -0.39 is 45.5 Å². The summed E-state index contributed by atoms with van der Waals surface area (Å²) < 4.78 is 45.5. The van der Waals surface area contributed by atoms with Gasteiger partial charge in [0.15, 0.2) is 5.82 Å². The first kappa shape index (κ1) is 18.9. The van der Waals surface area contributed by atoms with Crippen molar-refractivity contribution in [2.45, 2.75) is 6.92 Å². The molecule has 0 atom stereocenters. The Hall–Kier alpha value is -3.43. The van der Waals surface area contributed by atoms with Crippen LogP contribution in [-0.4, -0.2) is 23.4 Å². The summed E-state index contributed by atoms with van der Waals surface area (Å²) in [5.74, 6) is -8.14. The van der Waals surface area contributed by atoms with Gasteiger partial charge in [0, 0.05) is 6.07 Å². The average molecular weight is 368 g/mol. The van der Waals surface area contributed by atoms with E-state index in [1.54, 1.807) is 6.92 Å². The Morgan fingerprint density at radius 2 is 1.77 bits per heavy atom. The lowest BCUT2D eigenvalue weighted by atomic mass is 10.1. The minimum absolute atomic E-state index is 0.0606. The number of amides is 1. The highest BCUT2D eigenvalue weighted by Crippen LogP contribution is 2.26. The Labute approximate surface area is 144 Å². The zero-order valence-electron chi connectivity index (χ0n) is 13.2. The van der Waals surface area contributed by atoms with Crippen molar-refractivity contribution in [2.24, 2.45) is 0 Å². The van der Waals surface area contributed by atoms with Gasteiger partial charge in [-0.05, 0) is 19.1 Å². The van der Waals surface area contributed by atoms with Gasteiger partial charge in [-0.25, -0.2) is 13.6 Å². The number of esters is 1. The quantitative estimate of drug-likeness (QED) is 0.377. The number of nitrogens with zero attached hydrogens (tertiary/aromatic N) is 1. The van der Waals surface area contributed by atoms with Crippen molar-refractivity contribution in [3.8, 4) is 0 Å². The average Bonchev–Trinajstić information content (AvgIpc) is 2.60. The molecule has 1 amide bonds. The first-order valence-corrected chi connectivity index (χ1v) is 7.17. The molecule has 10 heteroatoms. The SMILES string of the molecule is CCOC(=O)c1ccccc1NC(=O)c1cc([N+](=O)[O-])c(F)c(F)c1F. The molecular formula is C16H11F3N2O5. The van der Waals surface area contributed by atoms with Crippen molar-refractivity contribution < 1.29 is 32.4 Å². The van der Waals surface area contributed by atoms with Crippen molar-refractivity contribution in [2.75, 3.05) is 11.9 Å². The number of anilines is 1. The third-order valence-corrected chi connectivity index (χ3v) is 3.24. The van der Waals surface area contributed by atoms with Crippen molar-refractivity contribution in [3.63, 3.8) is 0 Å². The van der Waals surface area contributed by atoms with E-state index in [4.69, 9.17) is 4.74 Å². The van der Waals surface area contributed by atoms with Crippen LogP contribution in [0, 0.1) is 27.6 Å². The number of carbonyl (C=O) groups excluding carboxylic acids is 2. The number of benzene rings is 2. The molecule has 0 bridgehead atoms. The molecule has 0 aliphatic carbocycles. The number of ether oxygens (including phenoxy) is 1. The monoisotopic (exact) mass is 368 g/mol. The summed E-state index contributed by atoms with van der Waals surface area (Å²) in [5, 5.41) is 12.8. The van der Waals surface area contributed by atoms with Crippen LogP contribution >= 0.6 is 0 Å². The summed E-state index contributed by atoms with van der Waals surface area (Å²) in [5.41, 5.74) is -2.65. The normalized spacial score (nSPS) is 10.3. The van der Waals surface area contributed by atoms with E-state index in [-0.39, 0.29) is 23.9 Å². The zero-order valence-corrected chi connectivity index (χ0v) is 13.2. The fraction of sp³-hybridized carbons (Fsp3) is 0.125. The topological polar surface area (TPSA) is 98.5 Å². The van der Waals surface area contributed by atoms with Crippen LogP contribution in [0.25, 0.3) is 0 Å². The van der Waals surface area contributed by atoms with Crippen molar-refractivity contribution >= 4 is 23.3 Å². The number of carbonyl (C=O) groups is 2. The fourth-order valence-corrected chi connectivity index (χ4v) is 2.06.